The summed E-state index contributed by atoms with van der Waals surface area (Å²) in [5, 5.41) is 15.3. The van der Waals surface area contributed by atoms with Crippen LogP contribution in [0.3, 0.4) is 0 Å². The minimum atomic E-state index is -0.487. The number of amides is 1. The number of hydrogen-bond acceptors (Lipinski definition) is 4. The largest absolute Gasteiger partial charge is 0.321 e. The molecule has 0 saturated heterocycles. The van der Waals surface area contributed by atoms with Gasteiger partial charge < -0.3 is 5.32 Å². The van der Waals surface area contributed by atoms with Gasteiger partial charge in [-0.15, -0.1) is 11.3 Å². The molecule has 0 saturated carbocycles. The summed E-state index contributed by atoms with van der Waals surface area (Å²) < 4.78 is 0.799. The number of rotatable bonds is 3. The summed E-state index contributed by atoms with van der Waals surface area (Å²) in [7, 11) is 0. The van der Waals surface area contributed by atoms with E-state index < -0.39 is 10.8 Å². The Bertz CT molecular complexity index is 985. The molecule has 1 N–H and O–H groups in total. The predicted molar refractivity (Wildman–Crippen MR) is 97.6 cm³/mol. The predicted octanol–water partition coefficient (Wildman–Crippen LogP) is 5.68. The summed E-state index contributed by atoms with van der Waals surface area (Å²) in [6.45, 7) is 1.58. The first-order valence-electron chi connectivity index (χ1n) is 6.81. The molecule has 0 atom stereocenters. The van der Waals surface area contributed by atoms with Crippen molar-refractivity contribution in [1.82, 2.24) is 0 Å². The van der Waals surface area contributed by atoms with Crippen molar-refractivity contribution in [2.75, 3.05) is 5.32 Å². The zero-order valence-electron chi connectivity index (χ0n) is 12.3. The van der Waals surface area contributed by atoms with Crippen LogP contribution in [0.1, 0.15) is 15.2 Å². The molecule has 1 heterocycles. The molecular formula is C16H10Cl2N2O3S. The van der Waals surface area contributed by atoms with E-state index in [2.05, 4.69) is 5.32 Å². The Morgan fingerprint density at radius 1 is 1.25 bits per heavy atom. The Morgan fingerprint density at radius 3 is 2.71 bits per heavy atom. The highest BCUT2D eigenvalue weighted by atomic mass is 35.5. The highest BCUT2D eigenvalue weighted by Gasteiger charge is 2.20. The van der Waals surface area contributed by atoms with Gasteiger partial charge in [0, 0.05) is 21.2 Å². The maximum Gasteiger partial charge on any atom is 0.274 e. The summed E-state index contributed by atoms with van der Waals surface area (Å²) in [5.41, 5.74) is 0.707. The van der Waals surface area contributed by atoms with E-state index in [0.717, 1.165) is 10.1 Å². The Hall–Kier alpha value is -2.15. The number of fused-ring (bicyclic) bond motifs is 1. The van der Waals surface area contributed by atoms with Gasteiger partial charge >= 0.3 is 0 Å². The summed E-state index contributed by atoms with van der Waals surface area (Å²) in [6.07, 6.45) is 0. The lowest BCUT2D eigenvalue weighted by Gasteiger charge is -2.07. The molecule has 1 aromatic heterocycles. The lowest BCUT2D eigenvalue weighted by atomic mass is 10.1. The second-order valence-corrected chi connectivity index (χ2v) is 6.91. The molecule has 2 aromatic carbocycles. The fourth-order valence-electron chi connectivity index (χ4n) is 2.32. The van der Waals surface area contributed by atoms with E-state index in [9.17, 15) is 14.9 Å². The number of nitrogens with zero attached hydrogens (tertiary/aromatic N) is 1. The molecule has 0 fully saturated rings. The topological polar surface area (TPSA) is 72.2 Å². The van der Waals surface area contributed by atoms with Crippen LogP contribution in [-0.4, -0.2) is 10.8 Å². The van der Waals surface area contributed by atoms with E-state index in [1.54, 1.807) is 31.2 Å². The van der Waals surface area contributed by atoms with Crippen molar-refractivity contribution < 1.29 is 9.72 Å². The number of hydrogen-bond donors (Lipinski definition) is 1. The monoisotopic (exact) mass is 380 g/mol. The number of benzene rings is 2. The summed E-state index contributed by atoms with van der Waals surface area (Å²) >= 11 is 13.5. The number of nitro groups is 1. The van der Waals surface area contributed by atoms with Crippen molar-refractivity contribution in [3.05, 3.63) is 67.0 Å². The molecule has 5 nitrogen and oxygen atoms in total. The van der Waals surface area contributed by atoms with Crippen molar-refractivity contribution in [2.45, 2.75) is 6.92 Å². The average Bonchev–Trinajstić information content (AvgIpc) is 2.85. The van der Waals surface area contributed by atoms with Crippen molar-refractivity contribution >= 4 is 61.9 Å². The van der Waals surface area contributed by atoms with Crippen LogP contribution in [0.4, 0.5) is 11.4 Å². The van der Waals surface area contributed by atoms with Crippen molar-refractivity contribution in [3.63, 3.8) is 0 Å². The fraction of sp³-hybridized carbons (Fsp3) is 0.0625. The maximum atomic E-state index is 12.5. The molecule has 0 aliphatic rings. The van der Waals surface area contributed by atoms with Gasteiger partial charge in [0.05, 0.1) is 21.2 Å². The fourth-order valence-corrected chi connectivity index (χ4v) is 4.01. The van der Waals surface area contributed by atoms with Crippen LogP contribution in [0.25, 0.3) is 10.1 Å². The zero-order chi connectivity index (χ0) is 17.4. The normalized spacial score (nSPS) is 10.8. The smallest absolute Gasteiger partial charge is 0.274 e. The molecule has 0 spiro atoms. The third kappa shape index (κ3) is 2.96. The van der Waals surface area contributed by atoms with E-state index in [0.29, 0.717) is 26.2 Å². The first kappa shape index (κ1) is 16.7. The third-order valence-corrected chi connectivity index (χ3v) is 5.44. The molecule has 0 aliphatic carbocycles. The van der Waals surface area contributed by atoms with Gasteiger partial charge in [-0.25, -0.2) is 0 Å². The molecule has 0 aliphatic heterocycles. The number of nitro benzene ring substituents is 1. The number of thiophene rings is 1. The van der Waals surface area contributed by atoms with Crippen LogP contribution >= 0.6 is 34.5 Å². The summed E-state index contributed by atoms with van der Waals surface area (Å²) in [6, 6.07) is 9.72. The molecule has 8 heteroatoms. The number of nitrogens with one attached hydrogen (secondary N) is 1. The van der Waals surface area contributed by atoms with Crippen LogP contribution in [0.2, 0.25) is 10.0 Å². The molecule has 3 aromatic rings. The first-order valence-corrected chi connectivity index (χ1v) is 8.38. The molecule has 0 bridgehead atoms. The molecule has 3 rings (SSSR count). The molecule has 0 radical (unpaired) electrons. The Morgan fingerprint density at radius 2 is 2.00 bits per heavy atom. The van der Waals surface area contributed by atoms with Gasteiger partial charge in [0.15, 0.2) is 0 Å². The minimum absolute atomic E-state index is 0.0537. The quantitative estimate of drug-likeness (QED) is 0.469. The van der Waals surface area contributed by atoms with Gasteiger partial charge in [0.2, 0.25) is 0 Å². The zero-order valence-corrected chi connectivity index (χ0v) is 14.6. The number of carbonyl (C=O) groups is 1. The van der Waals surface area contributed by atoms with Crippen LogP contribution in [0.5, 0.6) is 0 Å². The molecule has 0 unspecified atom stereocenters. The van der Waals surface area contributed by atoms with Gasteiger partial charge in [-0.1, -0.05) is 35.3 Å². The molecule has 24 heavy (non-hydrogen) atoms. The van der Waals surface area contributed by atoms with Gasteiger partial charge in [-0.2, -0.15) is 0 Å². The number of anilines is 1. The Kier molecular flexibility index (Phi) is 4.45. The van der Waals surface area contributed by atoms with E-state index in [1.807, 2.05) is 0 Å². The van der Waals surface area contributed by atoms with E-state index in [4.69, 9.17) is 23.2 Å². The van der Waals surface area contributed by atoms with Crippen LogP contribution in [0.15, 0.2) is 36.4 Å². The van der Waals surface area contributed by atoms with E-state index in [-0.39, 0.29) is 5.69 Å². The third-order valence-electron chi connectivity index (χ3n) is 3.55. The molecular weight excluding hydrogens is 371 g/mol. The number of halogens is 2. The second kappa shape index (κ2) is 6.39. The Labute approximate surface area is 151 Å². The van der Waals surface area contributed by atoms with Crippen molar-refractivity contribution in [2.24, 2.45) is 0 Å². The van der Waals surface area contributed by atoms with Gasteiger partial charge in [-0.05, 0) is 25.1 Å². The van der Waals surface area contributed by atoms with Crippen LogP contribution in [-0.2, 0) is 0 Å². The lowest BCUT2D eigenvalue weighted by molar-refractivity contribution is -0.385. The molecule has 1 amide bonds. The SMILES string of the molecule is Cc1c(NC(=O)c2sc3cc(Cl)ccc3c2Cl)cccc1[N+](=O)[O-]. The van der Waals surface area contributed by atoms with E-state index in [1.165, 1.54) is 23.5 Å². The van der Waals surface area contributed by atoms with Crippen LogP contribution in [0, 0.1) is 17.0 Å². The van der Waals surface area contributed by atoms with Crippen molar-refractivity contribution in [3.8, 4) is 0 Å². The summed E-state index contributed by atoms with van der Waals surface area (Å²) in [4.78, 5) is 23.4. The highest BCUT2D eigenvalue weighted by Crippen LogP contribution is 2.37. The van der Waals surface area contributed by atoms with Crippen molar-refractivity contribution in [1.29, 1.82) is 0 Å². The van der Waals surface area contributed by atoms with Gasteiger partial charge in [-0.3, -0.25) is 14.9 Å². The second-order valence-electron chi connectivity index (χ2n) is 5.05. The number of carbonyl (C=O) groups excluding carboxylic acids is 1. The highest BCUT2D eigenvalue weighted by molar-refractivity contribution is 7.21. The molecule has 122 valence electrons. The lowest BCUT2D eigenvalue weighted by Crippen LogP contribution is -2.12. The Balaban J connectivity index is 1.98. The van der Waals surface area contributed by atoms with Crippen LogP contribution < -0.4 is 5.32 Å². The van der Waals surface area contributed by atoms with Gasteiger partial charge in [0.25, 0.3) is 11.6 Å². The first-order chi connectivity index (χ1) is 11.4. The minimum Gasteiger partial charge on any atom is -0.321 e. The summed E-state index contributed by atoms with van der Waals surface area (Å²) in [5.74, 6) is -0.416. The average molecular weight is 381 g/mol. The van der Waals surface area contributed by atoms with Gasteiger partial charge in [0.1, 0.15) is 4.88 Å². The van der Waals surface area contributed by atoms with E-state index >= 15 is 0 Å². The standard InChI is InChI=1S/C16H10Cl2N2O3S/c1-8-11(3-2-4-12(8)20(22)23)19-16(21)15-14(18)10-6-5-9(17)7-13(10)24-15/h2-7H,1H3,(H,19,21). The maximum absolute atomic E-state index is 12.5.